The molecule has 1 aromatic heterocycles. The third-order valence-corrected chi connectivity index (χ3v) is 4.40. The third-order valence-electron chi connectivity index (χ3n) is 4.00. The van der Waals surface area contributed by atoms with Crippen molar-refractivity contribution in [3.05, 3.63) is 80.1 Å². The van der Waals surface area contributed by atoms with E-state index in [9.17, 15) is 9.59 Å². The number of pyridine rings is 1. The Labute approximate surface area is 150 Å². The van der Waals surface area contributed by atoms with Crippen LogP contribution in [-0.4, -0.2) is 17.6 Å². The Bertz CT molecular complexity index is 993. The van der Waals surface area contributed by atoms with E-state index >= 15 is 0 Å². The average Bonchev–Trinajstić information content (AvgIpc) is 2.57. The molecule has 0 unspecified atom stereocenters. The van der Waals surface area contributed by atoms with Crippen LogP contribution in [0.25, 0.3) is 10.9 Å². The summed E-state index contributed by atoms with van der Waals surface area (Å²) in [4.78, 5) is 27.3. The van der Waals surface area contributed by atoms with Crippen molar-refractivity contribution in [2.24, 2.45) is 0 Å². The van der Waals surface area contributed by atoms with Gasteiger partial charge in [0, 0.05) is 5.39 Å². The molecule has 128 valence electrons. The molecule has 4 nitrogen and oxygen atoms in total. The number of ether oxygens (including phenoxy) is 1. The Balaban J connectivity index is 2.21. The number of rotatable bonds is 4. The number of halogens is 1. The molecule has 2 aromatic carbocycles. The number of H-pyrrole nitrogens is 1. The largest absolute Gasteiger partial charge is 0.462 e. The summed E-state index contributed by atoms with van der Waals surface area (Å²) < 4.78 is 4.95. The van der Waals surface area contributed by atoms with E-state index in [1.807, 2.05) is 49.4 Å². The van der Waals surface area contributed by atoms with Gasteiger partial charge in [0.05, 0.1) is 17.1 Å². The lowest BCUT2D eigenvalue weighted by molar-refractivity contribution is 0.0524. The molecule has 0 spiro atoms. The van der Waals surface area contributed by atoms with Gasteiger partial charge in [-0.1, -0.05) is 53.6 Å². The second-order valence-corrected chi connectivity index (χ2v) is 6.25. The molecule has 25 heavy (non-hydrogen) atoms. The van der Waals surface area contributed by atoms with Gasteiger partial charge in [-0.15, -0.1) is 0 Å². The van der Waals surface area contributed by atoms with Gasteiger partial charge in [-0.05, 0) is 37.5 Å². The van der Waals surface area contributed by atoms with E-state index in [-0.39, 0.29) is 17.2 Å². The normalized spacial score (nSPS) is 10.8. The number of aryl methyl sites for hydroxylation is 1. The first-order valence-electron chi connectivity index (χ1n) is 8.07. The Morgan fingerprint density at radius 3 is 2.60 bits per heavy atom. The van der Waals surface area contributed by atoms with Crippen LogP contribution in [0.2, 0.25) is 5.02 Å². The highest BCUT2D eigenvalue weighted by atomic mass is 35.5. The van der Waals surface area contributed by atoms with Crippen molar-refractivity contribution in [3.63, 3.8) is 0 Å². The molecule has 0 atom stereocenters. The number of benzene rings is 2. The fourth-order valence-corrected chi connectivity index (χ4v) is 3.25. The highest BCUT2D eigenvalue weighted by molar-refractivity contribution is 6.38. The van der Waals surface area contributed by atoms with Crippen LogP contribution in [0, 0.1) is 6.92 Å². The van der Waals surface area contributed by atoms with Gasteiger partial charge < -0.3 is 9.72 Å². The van der Waals surface area contributed by atoms with Gasteiger partial charge in [0.1, 0.15) is 5.56 Å². The standard InChI is InChI=1S/C20H18ClNO3/c1-3-25-20(24)16-17(21)15-10-12(2)9-14(18(15)22-19(16)23)11-13-7-5-4-6-8-13/h4-10H,3,11H2,1-2H3,(H,22,23). The summed E-state index contributed by atoms with van der Waals surface area (Å²) in [7, 11) is 0. The lowest BCUT2D eigenvalue weighted by Gasteiger charge is -2.12. The molecule has 0 saturated heterocycles. The maximum absolute atomic E-state index is 12.4. The quantitative estimate of drug-likeness (QED) is 0.711. The third kappa shape index (κ3) is 3.44. The minimum Gasteiger partial charge on any atom is -0.462 e. The summed E-state index contributed by atoms with van der Waals surface area (Å²) in [5.41, 5.74) is 3.05. The Morgan fingerprint density at radius 1 is 1.20 bits per heavy atom. The Kier molecular flexibility index (Phi) is 4.91. The number of aromatic nitrogens is 1. The van der Waals surface area contributed by atoms with Crippen LogP contribution in [0.5, 0.6) is 0 Å². The molecule has 0 saturated carbocycles. The van der Waals surface area contributed by atoms with Gasteiger partial charge in [-0.2, -0.15) is 0 Å². The second kappa shape index (κ2) is 7.11. The highest BCUT2D eigenvalue weighted by Gasteiger charge is 2.20. The zero-order valence-electron chi connectivity index (χ0n) is 14.1. The predicted octanol–water partition coefficient (Wildman–Crippen LogP) is 4.26. The number of fused-ring (bicyclic) bond motifs is 1. The number of nitrogens with one attached hydrogen (secondary N) is 1. The van der Waals surface area contributed by atoms with E-state index in [1.165, 1.54) is 0 Å². The molecule has 0 fully saturated rings. The molecule has 3 aromatic rings. The highest BCUT2D eigenvalue weighted by Crippen LogP contribution is 2.29. The van der Waals surface area contributed by atoms with Crippen molar-refractivity contribution in [1.29, 1.82) is 0 Å². The SMILES string of the molecule is CCOC(=O)c1c(Cl)c2cc(C)cc(Cc3ccccc3)c2[nH]c1=O. The molecule has 0 aliphatic heterocycles. The van der Waals surface area contributed by atoms with Gasteiger partial charge in [0.15, 0.2) is 0 Å². The lowest BCUT2D eigenvalue weighted by atomic mass is 9.98. The summed E-state index contributed by atoms with van der Waals surface area (Å²) in [6, 6.07) is 13.9. The molecule has 1 N–H and O–H groups in total. The van der Waals surface area contributed by atoms with Crippen LogP contribution < -0.4 is 5.56 Å². The molecule has 0 radical (unpaired) electrons. The first-order valence-corrected chi connectivity index (χ1v) is 8.45. The molecular formula is C20H18ClNO3. The fraction of sp³-hybridized carbons (Fsp3) is 0.200. The fourth-order valence-electron chi connectivity index (χ4n) is 2.93. The molecule has 0 aliphatic rings. The van der Waals surface area contributed by atoms with Gasteiger partial charge in [-0.25, -0.2) is 4.79 Å². The number of carbonyl (C=O) groups excluding carboxylic acids is 1. The van der Waals surface area contributed by atoms with Crippen LogP contribution in [0.4, 0.5) is 0 Å². The van der Waals surface area contributed by atoms with E-state index in [4.69, 9.17) is 16.3 Å². The average molecular weight is 356 g/mol. The molecular weight excluding hydrogens is 338 g/mol. The number of hydrogen-bond donors (Lipinski definition) is 1. The Morgan fingerprint density at radius 2 is 1.92 bits per heavy atom. The van der Waals surface area contributed by atoms with E-state index in [0.29, 0.717) is 17.3 Å². The summed E-state index contributed by atoms with van der Waals surface area (Å²) in [5, 5.41) is 0.783. The topological polar surface area (TPSA) is 59.2 Å². The molecule has 0 amide bonds. The van der Waals surface area contributed by atoms with Gasteiger partial charge in [-0.3, -0.25) is 4.79 Å². The van der Waals surface area contributed by atoms with Crippen molar-refractivity contribution >= 4 is 28.5 Å². The van der Waals surface area contributed by atoms with Crippen LogP contribution in [0.1, 0.15) is 34.0 Å². The van der Waals surface area contributed by atoms with Crippen LogP contribution >= 0.6 is 11.6 Å². The number of carbonyl (C=O) groups is 1. The van der Waals surface area contributed by atoms with Crippen molar-refractivity contribution in [2.45, 2.75) is 20.3 Å². The molecule has 1 heterocycles. The van der Waals surface area contributed by atoms with Crippen LogP contribution in [0.3, 0.4) is 0 Å². The monoisotopic (exact) mass is 355 g/mol. The molecule has 0 bridgehead atoms. The van der Waals surface area contributed by atoms with Crippen molar-refractivity contribution in [3.8, 4) is 0 Å². The zero-order valence-corrected chi connectivity index (χ0v) is 14.8. The number of esters is 1. The zero-order chi connectivity index (χ0) is 18.0. The summed E-state index contributed by atoms with van der Waals surface area (Å²) in [6.07, 6.45) is 0.657. The van der Waals surface area contributed by atoms with E-state index < -0.39 is 11.5 Å². The van der Waals surface area contributed by atoms with Gasteiger partial charge in [0.25, 0.3) is 5.56 Å². The summed E-state index contributed by atoms with van der Waals surface area (Å²) in [6.45, 7) is 3.82. The van der Waals surface area contributed by atoms with Crippen LogP contribution in [-0.2, 0) is 11.2 Å². The smallest absolute Gasteiger partial charge is 0.345 e. The summed E-state index contributed by atoms with van der Waals surface area (Å²) in [5.74, 6) is -0.707. The number of aromatic amines is 1. The first-order chi connectivity index (χ1) is 12.0. The van der Waals surface area contributed by atoms with E-state index in [2.05, 4.69) is 4.98 Å². The molecule has 3 rings (SSSR count). The van der Waals surface area contributed by atoms with E-state index in [0.717, 1.165) is 16.7 Å². The van der Waals surface area contributed by atoms with E-state index in [1.54, 1.807) is 6.92 Å². The Hall–Kier alpha value is -2.59. The minimum atomic E-state index is -0.707. The summed E-state index contributed by atoms with van der Waals surface area (Å²) >= 11 is 6.40. The maximum atomic E-state index is 12.4. The predicted molar refractivity (Wildman–Crippen MR) is 99.5 cm³/mol. The van der Waals surface area contributed by atoms with Crippen molar-refractivity contribution in [1.82, 2.24) is 4.98 Å². The van der Waals surface area contributed by atoms with Crippen LogP contribution in [0.15, 0.2) is 47.3 Å². The lowest BCUT2D eigenvalue weighted by Crippen LogP contribution is -2.21. The van der Waals surface area contributed by atoms with Crippen molar-refractivity contribution < 1.29 is 9.53 Å². The maximum Gasteiger partial charge on any atom is 0.345 e. The molecule has 5 heteroatoms. The second-order valence-electron chi connectivity index (χ2n) is 5.87. The first kappa shape index (κ1) is 17.2. The van der Waals surface area contributed by atoms with Gasteiger partial charge in [0.2, 0.25) is 0 Å². The molecule has 0 aliphatic carbocycles. The van der Waals surface area contributed by atoms with Gasteiger partial charge >= 0.3 is 5.97 Å². The van der Waals surface area contributed by atoms with Crippen molar-refractivity contribution in [2.75, 3.05) is 6.61 Å². The number of hydrogen-bond acceptors (Lipinski definition) is 3. The minimum absolute atomic E-state index is 0.134.